The summed E-state index contributed by atoms with van der Waals surface area (Å²) < 4.78 is 2.02. The van der Waals surface area contributed by atoms with E-state index in [2.05, 4.69) is 41.4 Å². The summed E-state index contributed by atoms with van der Waals surface area (Å²) in [6.45, 7) is 0. The Morgan fingerprint density at radius 2 is 1.69 bits per heavy atom. The highest BCUT2D eigenvalue weighted by Gasteiger charge is 2.23. The Morgan fingerprint density at radius 1 is 0.923 bits per heavy atom. The summed E-state index contributed by atoms with van der Waals surface area (Å²) in [6, 6.07) is 16.9. The van der Waals surface area contributed by atoms with Gasteiger partial charge in [0.25, 0.3) is 0 Å². The molecule has 1 aliphatic carbocycles. The normalized spacial score (nSPS) is 16.5. The van der Waals surface area contributed by atoms with Gasteiger partial charge in [-0.1, -0.05) is 73.3 Å². The zero-order chi connectivity index (χ0) is 17.9. The van der Waals surface area contributed by atoms with Crippen molar-refractivity contribution in [3.8, 4) is 0 Å². The quantitative estimate of drug-likeness (QED) is 0.479. The van der Waals surface area contributed by atoms with E-state index in [0.29, 0.717) is 11.2 Å². The van der Waals surface area contributed by atoms with Crippen LogP contribution in [-0.2, 0) is 0 Å². The number of aromatic nitrogens is 2. The number of hydrogen-bond acceptors (Lipinski definition) is 1. The molecule has 1 aromatic heterocycles. The lowest BCUT2D eigenvalue weighted by molar-refractivity contribution is 0.443. The van der Waals surface area contributed by atoms with E-state index in [1.165, 1.54) is 48.8 Å². The number of halogens is 2. The van der Waals surface area contributed by atoms with Gasteiger partial charge < -0.3 is 4.57 Å². The average Bonchev–Trinajstić information content (AvgIpc) is 3.10. The molecule has 26 heavy (non-hydrogen) atoms. The number of imidazole rings is 1. The molecule has 0 spiro atoms. The molecule has 2 aromatic carbocycles. The third-order valence-electron chi connectivity index (χ3n) is 5.40. The third kappa shape index (κ3) is 3.54. The summed E-state index contributed by atoms with van der Waals surface area (Å²) >= 11 is 13.0. The number of benzene rings is 2. The second kappa shape index (κ2) is 7.85. The standard InChI is InChI=1S/C22H22Cl2N2/c23-20-12-11-18(15-19(20)16-7-3-1-4-8-16)21(17-9-5-2-6-10-17)26-14-13-25-22(26)24/h2,5-6,9-16,21H,1,3-4,7-8H2. The Morgan fingerprint density at radius 3 is 2.38 bits per heavy atom. The largest absolute Gasteiger partial charge is 0.310 e. The van der Waals surface area contributed by atoms with Crippen LogP contribution in [0.1, 0.15) is 60.8 Å². The van der Waals surface area contributed by atoms with Crippen LogP contribution in [-0.4, -0.2) is 9.55 Å². The van der Waals surface area contributed by atoms with Crippen LogP contribution in [0.2, 0.25) is 10.3 Å². The van der Waals surface area contributed by atoms with Gasteiger partial charge in [-0.3, -0.25) is 0 Å². The highest BCUT2D eigenvalue weighted by molar-refractivity contribution is 6.31. The van der Waals surface area contributed by atoms with Gasteiger partial charge in [0.1, 0.15) is 0 Å². The molecule has 3 aromatic rings. The van der Waals surface area contributed by atoms with Crippen molar-refractivity contribution in [1.29, 1.82) is 0 Å². The summed E-state index contributed by atoms with van der Waals surface area (Å²) in [5, 5.41) is 1.37. The fourth-order valence-corrected chi connectivity index (χ4v) is 4.58. The molecule has 1 fully saturated rings. The molecule has 1 saturated carbocycles. The topological polar surface area (TPSA) is 17.8 Å². The lowest BCUT2D eigenvalue weighted by Gasteiger charge is -2.26. The van der Waals surface area contributed by atoms with Crippen LogP contribution in [0.15, 0.2) is 60.9 Å². The Labute approximate surface area is 164 Å². The monoisotopic (exact) mass is 384 g/mol. The summed E-state index contributed by atoms with van der Waals surface area (Å²) in [5.74, 6) is 0.561. The summed E-state index contributed by atoms with van der Waals surface area (Å²) in [7, 11) is 0. The van der Waals surface area contributed by atoms with Crippen molar-refractivity contribution in [1.82, 2.24) is 9.55 Å². The fraction of sp³-hybridized carbons (Fsp3) is 0.318. The van der Waals surface area contributed by atoms with Gasteiger partial charge in [0, 0.05) is 17.4 Å². The molecule has 0 saturated heterocycles. The second-order valence-corrected chi connectivity index (χ2v) is 7.78. The average molecular weight is 385 g/mol. The van der Waals surface area contributed by atoms with E-state index in [9.17, 15) is 0 Å². The molecule has 0 radical (unpaired) electrons. The molecular formula is C22H22Cl2N2. The van der Waals surface area contributed by atoms with Crippen molar-refractivity contribution in [3.63, 3.8) is 0 Å². The SMILES string of the molecule is Clc1ccc(C(c2ccccc2)n2ccnc2Cl)cc1C1CCCCC1. The van der Waals surface area contributed by atoms with E-state index in [1.807, 2.05) is 22.9 Å². The lowest BCUT2D eigenvalue weighted by Crippen LogP contribution is -2.13. The van der Waals surface area contributed by atoms with Crippen LogP contribution in [0.3, 0.4) is 0 Å². The van der Waals surface area contributed by atoms with Crippen molar-refractivity contribution >= 4 is 23.2 Å². The lowest BCUT2D eigenvalue weighted by atomic mass is 9.83. The first-order valence-corrected chi connectivity index (χ1v) is 10.0. The molecular weight excluding hydrogens is 363 g/mol. The van der Waals surface area contributed by atoms with Gasteiger partial charge in [-0.25, -0.2) is 4.98 Å². The van der Waals surface area contributed by atoms with Crippen LogP contribution in [0.5, 0.6) is 0 Å². The van der Waals surface area contributed by atoms with Crippen molar-refractivity contribution in [2.45, 2.75) is 44.1 Å². The van der Waals surface area contributed by atoms with Gasteiger partial charge in [0.2, 0.25) is 5.28 Å². The first-order chi connectivity index (χ1) is 12.7. The van der Waals surface area contributed by atoms with E-state index in [0.717, 1.165) is 5.02 Å². The predicted molar refractivity (Wildman–Crippen MR) is 108 cm³/mol. The minimum atomic E-state index is -0.00851. The maximum Gasteiger partial charge on any atom is 0.203 e. The van der Waals surface area contributed by atoms with Crippen LogP contribution >= 0.6 is 23.2 Å². The fourth-order valence-electron chi connectivity index (χ4n) is 4.10. The van der Waals surface area contributed by atoms with Crippen molar-refractivity contribution < 1.29 is 0 Å². The molecule has 2 nitrogen and oxygen atoms in total. The Kier molecular flexibility index (Phi) is 5.33. The molecule has 1 heterocycles. The molecule has 1 unspecified atom stereocenters. The van der Waals surface area contributed by atoms with E-state index in [1.54, 1.807) is 6.20 Å². The molecule has 1 aliphatic rings. The van der Waals surface area contributed by atoms with Gasteiger partial charge in [0.05, 0.1) is 6.04 Å². The predicted octanol–water partition coefficient (Wildman–Crippen LogP) is 6.88. The second-order valence-electron chi connectivity index (χ2n) is 7.03. The van der Waals surface area contributed by atoms with E-state index < -0.39 is 0 Å². The molecule has 4 heteroatoms. The molecule has 0 aliphatic heterocycles. The molecule has 0 N–H and O–H groups in total. The zero-order valence-electron chi connectivity index (χ0n) is 14.6. The molecule has 134 valence electrons. The number of nitrogens with zero attached hydrogens (tertiary/aromatic N) is 2. The van der Waals surface area contributed by atoms with Crippen LogP contribution in [0, 0.1) is 0 Å². The first-order valence-electron chi connectivity index (χ1n) is 9.26. The molecule has 1 atom stereocenters. The Hall–Kier alpha value is -1.77. The first kappa shape index (κ1) is 17.6. The zero-order valence-corrected chi connectivity index (χ0v) is 16.1. The van der Waals surface area contributed by atoms with E-state index >= 15 is 0 Å². The smallest absolute Gasteiger partial charge is 0.203 e. The maximum atomic E-state index is 6.59. The van der Waals surface area contributed by atoms with E-state index in [-0.39, 0.29) is 6.04 Å². The van der Waals surface area contributed by atoms with Crippen molar-refractivity contribution in [2.75, 3.05) is 0 Å². The van der Waals surface area contributed by atoms with E-state index in [4.69, 9.17) is 23.2 Å². The highest BCUT2D eigenvalue weighted by atomic mass is 35.5. The minimum absolute atomic E-state index is 0.00851. The highest BCUT2D eigenvalue weighted by Crippen LogP contribution is 2.39. The molecule has 0 amide bonds. The number of hydrogen-bond donors (Lipinski definition) is 0. The van der Waals surface area contributed by atoms with Gasteiger partial charge in [0.15, 0.2) is 0 Å². The van der Waals surface area contributed by atoms with Crippen molar-refractivity contribution in [3.05, 3.63) is 87.9 Å². The Balaban J connectivity index is 1.80. The summed E-state index contributed by atoms with van der Waals surface area (Å²) in [6.07, 6.45) is 10.1. The van der Waals surface area contributed by atoms with Crippen LogP contribution < -0.4 is 0 Å². The minimum Gasteiger partial charge on any atom is -0.310 e. The summed E-state index contributed by atoms with van der Waals surface area (Å²) in [4.78, 5) is 4.22. The third-order valence-corrected chi connectivity index (χ3v) is 6.03. The maximum absolute atomic E-state index is 6.59. The van der Waals surface area contributed by atoms with Crippen molar-refractivity contribution in [2.24, 2.45) is 0 Å². The van der Waals surface area contributed by atoms with Crippen LogP contribution in [0.4, 0.5) is 0 Å². The Bertz CT molecular complexity index is 867. The summed E-state index contributed by atoms with van der Waals surface area (Å²) in [5.41, 5.74) is 3.66. The van der Waals surface area contributed by atoms with Gasteiger partial charge in [-0.15, -0.1) is 0 Å². The number of rotatable bonds is 4. The van der Waals surface area contributed by atoms with Gasteiger partial charge in [-0.2, -0.15) is 0 Å². The molecule has 0 bridgehead atoms. The van der Waals surface area contributed by atoms with Gasteiger partial charge >= 0.3 is 0 Å². The molecule has 4 rings (SSSR count). The van der Waals surface area contributed by atoms with Crippen LogP contribution in [0.25, 0.3) is 0 Å². The van der Waals surface area contributed by atoms with Gasteiger partial charge in [-0.05, 0) is 53.1 Å².